The molecule has 1 amide bonds. The first-order valence-electron chi connectivity index (χ1n) is 7.61. The second-order valence-corrected chi connectivity index (χ2v) is 5.94. The van der Waals surface area contributed by atoms with E-state index < -0.39 is 11.7 Å². The highest BCUT2D eigenvalue weighted by Gasteiger charge is 2.15. The normalized spacial score (nSPS) is 10.9. The van der Waals surface area contributed by atoms with Crippen molar-refractivity contribution in [1.82, 2.24) is 5.32 Å². The summed E-state index contributed by atoms with van der Waals surface area (Å²) < 4.78 is 15.5. The number of hydrogen-bond acceptors (Lipinski definition) is 5. The third-order valence-electron chi connectivity index (χ3n) is 2.61. The van der Waals surface area contributed by atoms with Crippen LogP contribution in [0.3, 0.4) is 0 Å². The van der Waals surface area contributed by atoms with Crippen molar-refractivity contribution in [2.24, 2.45) is 0 Å². The summed E-state index contributed by atoms with van der Waals surface area (Å²) >= 11 is 0. The zero-order valence-electron chi connectivity index (χ0n) is 14.0. The molecule has 23 heavy (non-hydrogen) atoms. The summed E-state index contributed by atoms with van der Waals surface area (Å²) in [5, 5.41) is 2.57. The fourth-order valence-electron chi connectivity index (χ4n) is 1.61. The molecule has 0 fully saturated rings. The Morgan fingerprint density at radius 1 is 1.09 bits per heavy atom. The number of rotatable bonds is 8. The number of alkyl carbamates (subject to hydrolysis) is 1. The Morgan fingerprint density at radius 2 is 1.78 bits per heavy atom. The van der Waals surface area contributed by atoms with Crippen molar-refractivity contribution in [3.8, 4) is 0 Å². The van der Waals surface area contributed by atoms with Crippen molar-refractivity contribution in [2.45, 2.75) is 39.4 Å². The van der Waals surface area contributed by atoms with Gasteiger partial charge in [0.15, 0.2) is 0 Å². The second-order valence-electron chi connectivity index (χ2n) is 5.94. The van der Waals surface area contributed by atoms with Crippen LogP contribution in [0.1, 0.15) is 32.8 Å². The van der Waals surface area contributed by atoms with E-state index in [1.807, 2.05) is 30.3 Å². The van der Waals surface area contributed by atoms with Crippen molar-refractivity contribution in [3.05, 3.63) is 35.9 Å². The average Bonchev–Trinajstić information content (AvgIpc) is 2.48. The lowest BCUT2D eigenvalue weighted by Crippen LogP contribution is -2.34. The van der Waals surface area contributed by atoms with Gasteiger partial charge in [0.05, 0.1) is 19.6 Å². The molecule has 0 aromatic heterocycles. The second kappa shape index (κ2) is 9.84. The van der Waals surface area contributed by atoms with Gasteiger partial charge < -0.3 is 19.5 Å². The lowest BCUT2D eigenvalue weighted by molar-refractivity contribution is -0.146. The molecule has 0 aliphatic carbocycles. The lowest BCUT2D eigenvalue weighted by atomic mass is 10.2. The van der Waals surface area contributed by atoms with Gasteiger partial charge in [0.2, 0.25) is 0 Å². The molecule has 1 N–H and O–H groups in total. The summed E-state index contributed by atoms with van der Waals surface area (Å²) in [4.78, 5) is 22.9. The van der Waals surface area contributed by atoms with Crippen LogP contribution in [-0.4, -0.2) is 37.4 Å². The maximum atomic E-state index is 11.5. The number of esters is 1. The molecule has 0 saturated carbocycles. The van der Waals surface area contributed by atoms with Gasteiger partial charge in [-0.15, -0.1) is 0 Å². The van der Waals surface area contributed by atoms with Crippen LogP contribution in [0.2, 0.25) is 0 Å². The topological polar surface area (TPSA) is 73.9 Å². The number of benzene rings is 1. The van der Waals surface area contributed by atoms with Crippen LogP contribution in [0.4, 0.5) is 4.79 Å². The maximum Gasteiger partial charge on any atom is 0.407 e. The largest absolute Gasteiger partial charge is 0.461 e. The van der Waals surface area contributed by atoms with Crippen LogP contribution < -0.4 is 5.32 Å². The Balaban J connectivity index is 2.00. The van der Waals surface area contributed by atoms with E-state index in [1.54, 1.807) is 20.8 Å². The van der Waals surface area contributed by atoms with Crippen molar-refractivity contribution >= 4 is 12.1 Å². The monoisotopic (exact) mass is 323 g/mol. The van der Waals surface area contributed by atoms with Crippen LogP contribution in [0, 0.1) is 0 Å². The number of ether oxygens (including phenoxy) is 3. The summed E-state index contributed by atoms with van der Waals surface area (Å²) in [5.74, 6) is -0.311. The molecule has 0 radical (unpaired) electrons. The standard InChI is InChI=1S/C17H25NO5/c1-17(2,3)23-16(20)18-10-12-21-11-9-15(19)22-13-14-7-5-4-6-8-14/h4-8H,9-13H2,1-3H3,(H,18,20). The molecule has 1 rings (SSSR count). The summed E-state index contributed by atoms with van der Waals surface area (Å²) in [6.07, 6.45) is -0.303. The third-order valence-corrected chi connectivity index (χ3v) is 2.61. The van der Waals surface area contributed by atoms with Gasteiger partial charge in [0.1, 0.15) is 12.2 Å². The molecule has 6 heteroatoms. The quantitative estimate of drug-likeness (QED) is 0.588. The third kappa shape index (κ3) is 10.3. The van der Waals surface area contributed by atoms with Crippen LogP contribution >= 0.6 is 0 Å². The first-order chi connectivity index (χ1) is 10.9. The smallest absolute Gasteiger partial charge is 0.407 e. The molecule has 1 aromatic carbocycles. The predicted molar refractivity (Wildman–Crippen MR) is 85.9 cm³/mol. The lowest BCUT2D eigenvalue weighted by Gasteiger charge is -2.19. The van der Waals surface area contributed by atoms with Crippen molar-refractivity contribution in [1.29, 1.82) is 0 Å². The van der Waals surface area contributed by atoms with Gasteiger partial charge in [-0.05, 0) is 26.3 Å². The van der Waals surface area contributed by atoms with Crippen LogP contribution in [0.25, 0.3) is 0 Å². The molecular formula is C17H25NO5. The zero-order valence-corrected chi connectivity index (χ0v) is 14.0. The van der Waals surface area contributed by atoms with Gasteiger partial charge in [-0.1, -0.05) is 30.3 Å². The van der Waals surface area contributed by atoms with Gasteiger partial charge in [-0.2, -0.15) is 0 Å². The van der Waals surface area contributed by atoms with E-state index in [2.05, 4.69) is 5.32 Å². The Kier molecular flexibility index (Phi) is 8.11. The minimum absolute atomic E-state index is 0.180. The Hall–Kier alpha value is -2.08. The number of carbonyl (C=O) groups is 2. The molecule has 1 aromatic rings. The fourth-order valence-corrected chi connectivity index (χ4v) is 1.61. The van der Waals surface area contributed by atoms with E-state index in [0.717, 1.165) is 5.56 Å². The van der Waals surface area contributed by atoms with Crippen LogP contribution in [0.5, 0.6) is 0 Å². The van der Waals surface area contributed by atoms with Crippen molar-refractivity contribution in [2.75, 3.05) is 19.8 Å². The van der Waals surface area contributed by atoms with E-state index in [0.29, 0.717) is 13.2 Å². The predicted octanol–water partition coefficient (Wildman–Crippen LogP) is 2.66. The van der Waals surface area contributed by atoms with Crippen molar-refractivity contribution < 1.29 is 23.8 Å². The van der Waals surface area contributed by atoms with Gasteiger partial charge >= 0.3 is 12.1 Å². The van der Waals surface area contributed by atoms with Gasteiger partial charge in [-0.3, -0.25) is 4.79 Å². The molecule has 0 aliphatic rings. The summed E-state index contributed by atoms with van der Waals surface area (Å²) in [6, 6.07) is 9.48. The Morgan fingerprint density at radius 3 is 2.43 bits per heavy atom. The average molecular weight is 323 g/mol. The Labute approximate surface area is 137 Å². The zero-order chi connectivity index (χ0) is 17.1. The van der Waals surface area contributed by atoms with Crippen LogP contribution in [0.15, 0.2) is 30.3 Å². The molecule has 6 nitrogen and oxygen atoms in total. The SMILES string of the molecule is CC(C)(C)OC(=O)NCCOCCC(=O)OCc1ccccc1. The van der Waals surface area contributed by atoms with Crippen molar-refractivity contribution in [3.63, 3.8) is 0 Å². The highest BCUT2D eigenvalue weighted by Crippen LogP contribution is 2.06. The molecular weight excluding hydrogens is 298 g/mol. The molecule has 128 valence electrons. The van der Waals surface area contributed by atoms with E-state index in [4.69, 9.17) is 14.2 Å². The molecule has 0 heterocycles. The number of carbonyl (C=O) groups excluding carboxylic acids is 2. The van der Waals surface area contributed by atoms with Gasteiger partial charge in [0.25, 0.3) is 0 Å². The molecule has 0 spiro atoms. The first-order valence-corrected chi connectivity index (χ1v) is 7.61. The molecule has 0 aliphatic heterocycles. The molecule has 0 atom stereocenters. The number of amides is 1. The molecule has 0 saturated heterocycles. The van der Waals surface area contributed by atoms with E-state index in [9.17, 15) is 9.59 Å². The van der Waals surface area contributed by atoms with E-state index in [-0.39, 0.29) is 25.6 Å². The number of hydrogen-bond donors (Lipinski definition) is 1. The molecule has 0 unspecified atom stereocenters. The maximum absolute atomic E-state index is 11.5. The summed E-state index contributed by atoms with van der Waals surface area (Å²) in [7, 11) is 0. The number of nitrogens with one attached hydrogen (secondary N) is 1. The minimum atomic E-state index is -0.520. The summed E-state index contributed by atoms with van der Waals surface area (Å²) in [6.45, 7) is 6.54. The molecule has 0 bridgehead atoms. The summed E-state index contributed by atoms with van der Waals surface area (Å²) in [5.41, 5.74) is 0.427. The van der Waals surface area contributed by atoms with Crippen LogP contribution in [-0.2, 0) is 25.6 Å². The highest BCUT2D eigenvalue weighted by molar-refractivity contribution is 5.69. The van der Waals surface area contributed by atoms with Gasteiger partial charge in [-0.25, -0.2) is 4.79 Å². The van der Waals surface area contributed by atoms with E-state index >= 15 is 0 Å². The highest BCUT2D eigenvalue weighted by atomic mass is 16.6. The van der Waals surface area contributed by atoms with E-state index in [1.165, 1.54) is 0 Å². The minimum Gasteiger partial charge on any atom is -0.461 e. The fraction of sp³-hybridized carbons (Fsp3) is 0.529. The van der Waals surface area contributed by atoms with Gasteiger partial charge in [0, 0.05) is 6.54 Å². The Bertz CT molecular complexity index is 482. The first kappa shape index (κ1) is 19.0.